The molecule has 0 saturated carbocycles. The highest BCUT2D eigenvalue weighted by molar-refractivity contribution is 9.11. The molecule has 6 nitrogen and oxygen atoms in total. The third kappa shape index (κ3) is 2.91. The molecule has 0 saturated heterocycles. The van der Waals surface area contributed by atoms with E-state index < -0.39 is 11.9 Å². The lowest BCUT2D eigenvalue weighted by atomic mass is 10.1. The van der Waals surface area contributed by atoms with E-state index in [1.807, 2.05) is 0 Å². The van der Waals surface area contributed by atoms with E-state index >= 15 is 0 Å². The number of benzene rings is 1. The quantitative estimate of drug-likeness (QED) is 0.734. The zero-order valence-electron chi connectivity index (χ0n) is 10.2. The van der Waals surface area contributed by atoms with Crippen LogP contribution in [0, 0.1) is 6.92 Å². The summed E-state index contributed by atoms with van der Waals surface area (Å²) in [6.07, 6.45) is 1.39. The van der Waals surface area contributed by atoms with Crippen molar-refractivity contribution in [3.05, 3.63) is 44.1 Å². The second kappa shape index (κ2) is 5.76. The second-order valence-electron chi connectivity index (χ2n) is 3.98. The summed E-state index contributed by atoms with van der Waals surface area (Å²) >= 11 is 6.46. The number of nitrogens with one attached hydrogen (secondary N) is 2. The van der Waals surface area contributed by atoms with Crippen LogP contribution >= 0.6 is 31.9 Å². The van der Waals surface area contributed by atoms with Gasteiger partial charge in [-0.15, -0.1) is 0 Å². The van der Waals surface area contributed by atoms with Gasteiger partial charge in [-0.2, -0.15) is 5.10 Å². The van der Waals surface area contributed by atoms with E-state index in [1.165, 1.54) is 12.3 Å². The Hall–Kier alpha value is -1.67. The summed E-state index contributed by atoms with van der Waals surface area (Å²) < 4.78 is 1.07. The van der Waals surface area contributed by atoms with E-state index in [9.17, 15) is 14.7 Å². The van der Waals surface area contributed by atoms with Crippen LogP contribution < -0.4 is 5.32 Å². The lowest BCUT2D eigenvalue weighted by Gasteiger charge is -2.11. The van der Waals surface area contributed by atoms with Crippen molar-refractivity contribution in [2.75, 3.05) is 5.32 Å². The number of aryl methyl sites for hydroxylation is 1. The van der Waals surface area contributed by atoms with Gasteiger partial charge in [0.2, 0.25) is 0 Å². The molecule has 20 heavy (non-hydrogen) atoms. The molecule has 0 unspecified atom stereocenters. The molecule has 0 spiro atoms. The van der Waals surface area contributed by atoms with Gasteiger partial charge in [0, 0.05) is 14.6 Å². The molecule has 0 radical (unpaired) electrons. The lowest BCUT2D eigenvalue weighted by molar-refractivity contribution is 0.0698. The molecule has 0 aliphatic heterocycles. The molecule has 2 aromatic rings. The van der Waals surface area contributed by atoms with Gasteiger partial charge in [0.05, 0.1) is 23.0 Å². The first-order chi connectivity index (χ1) is 9.40. The normalized spacial score (nSPS) is 10.3. The summed E-state index contributed by atoms with van der Waals surface area (Å²) in [5.41, 5.74) is 1.15. The summed E-state index contributed by atoms with van der Waals surface area (Å²) in [6, 6.07) is 3.08. The fourth-order valence-corrected chi connectivity index (χ4v) is 2.95. The maximum absolute atomic E-state index is 12.1. The van der Waals surface area contributed by atoms with Crippen LogP contribution in [0.1, 0.15) is 26.4 Å². The molecule has 8 heteroatoms. The first-order valence-corrected chi connectivity index (χ1v) is 7.02. The Kier molecular flexibility index (Phi) is 4.24. The fraction of sp³-hybridized carbons (Fsp3) is 0.0833. The van der Waals surface area contributed by atoms with Crippen LogP contribution in [0.4, 0.5) is 5.69 Å². The van der Waals surface area contributed by atoms with Gasteiger partial charge >= 0.3 is 5.97 Å². The minimum absolute atomic E-state index is 0.0132. The molecule has 0 fully saturated rings. The number of hydrogen-bond acceptors (Lipinski definition) is 3. The average molecular weight is 403 g/mol. The number of carbonyl (C=O) groups excluding carboxylic acids is 1. The maximum atomic E-state index is 12.1. The van der Waals surface area contributed by atoms with Crippen molar-refractivity contribution in [1.29, 1.82) is 0 Å². The Morgan fingerprint density at radius 1 is 1.30 bits per heavy atom. The summed E-state index contributed by atoms with van der Waals surface area (Å²) in [4.78, 5) is 23.4. The number of aromatic carboxylic acids is 1. The van der Waals surface area contributed by atoms with Gasteiger partial charge in [0.25, 0.3) is 5.91 Å². The Labute approximate surface area is 130 Å². The number of carboxylic acid groups (broad SMARTS) is 1. The SMILES string of the molecule is Cc1[nH]ncc1C(=O)Nc1c(Br)cc(Br)cc1C(=O)O. The van der Waals surface area contributed by atoms with Crippen molar-refractivity contribution >= 4 is 49.4 Å². The van der Waals surface area contributed by atoms with Crippen molar-refractivity contribution in [3.8, 4) is 0 Å². The molecule has 2 rings (SSSR count). The molecular weight excluding hydrogens is 394 g/mol. The van der Waals surface area contributed by atoms with Crippen molar-refractivity contribution < 1.29 is 14.7 Å². The van der Waals surface area contributed by atoms with Crippen molar-refractivity contribution in [2.45, 2.75) is 6.92 Å². The number of carbonyl (C=O) groups is 2. The lowest BCUT2D eigenvalue weighted by Crippen LogP contribution is -2.15. The molecule has 1 aromatic heterocycles. The Balaban J connectivity index is 2.41. The highest BCUT2D eigenvalue weighted by Crippen LogP contribution is 2.31. The summed E-state index contributed by atoms with van der Waals surface area (Å²) in [6.45, 7) is 1.71. The van der Waals surface area contributed by atoms with Crippen LogP contribution in [-0.4, -0.2) is 27.2 Å². The van der Waals surface area contributed by atoms with Crippen LogP contribution in [0.2, 0.25) is 0 Å². The van der Waals surface area contributed by atoms with Crippen LogP contribution in [0.5, 0.6) is 0 Å². The number of hydrogen-bond donors (Lipinski definition) is 3. The third-order valence-electron chi connectivity index (χ3n) is 2.60. The number of nitrogens with zero attached hydrogens (tertiary/aromatic N) is 1. The zero-order chi connectivity index (χ0) is 14.9. The molecule has 1 heterocycles. The van der Waals surface area contributed by atoms with E-state index in [2.05, 4.69) is 47.4 Å². The smallest absolute Gasteiger partial charge is 0.337 e. The highest BCUT2D eigenvalue weighted by Gasteiger charge is 2.19. The van der Waals surface area contributed by atoms with Crippen LogP contribution in [0.3, 0.4) is 0 Å². The van der Waals surface area contributed by atoms with Crippen LogP contribution in [0.15, 0.2) is 27.3 Å². The fourth-order valence-electron chi connectivity index (χ4n) is 1.63. The van der Waals surface area contributed by atoms with Crippen molar-refractivity contribution in [3.63, 3.8) is 0 Å². The van der Waals surface area contributed by atoms with E-state index in [0.29, 0.717) is 20.2 Å². The van der Waals surface area contributed by atoms with Gasteiger partial charge in [-0.05, 0) is 35.0 Å². The van der Waals surface area contributed by atoms with Crippen LogP contribution in [-0.2, 0) is 0 Å². The van der Waals surface area contributed by atoms with Gasteiger partial charge in [-0.1, -0.05) is 15.9 Å². The standard InChI is InChI=1S/C12H9Br2N3O3/c1-5-8(4-15-17-5)11(18)16-10-7(12(19)20)2-6(13)3-9(10)14/h2-4H,1H3,(H,15,17)(H,16,18)(H,19,20). The van der Waals surface area contributed by atoms with Crippen molar-refractivity contribution in [2.24, 2.45) is 0 Å². The second-order valence-corrected chi connectivity index (χ2v) is 5.75. The molecule has 0 aliphatic carbocycles. The first-order valence-electron chi connectivity index (χ1n) is 5.44. The molecule has 0 bridgehead atoms. The van der Waals surface area contributed by atoms with E-state index in [4.69, 9.17) is 0 Å². The molecule has 1 amide bonds. The van der Waals surface area contributed by atoms with Gasteiger partial charge in [-0.25, -0.2) is 4.79 Å². The monoisotopic (exact) mass is 401 g/mol. The third-order valence-corrected chi connectivity index (χ3v) is 3.68. The van der Waals surface area contributed by atoms with Crippen LogP contribution in [0.25, 0.3) is 0 Å². The van der Waals surface area contributed by atoms with Gasteiger partial charge < -0.3 is 10.4 Å². The molecule has 3 N–H and O–H groups in total. The summed E-state index contributed by atoms with van der Waals surface area (Å²) in [5.74, 6) is -1.56. The predicted octanol–water partition coefficient (Wildman–Crippen LogP) is 3.19. The minimum Gasteiger partial charge on any atom is -0.478 e. The highest BCUT2D eigenvalue weighted by atomic mass is 79.9. The summed E-state index contributed by atoms with van der Waals surface area (Å²) in [7, 11) is 0. The number of aromatic nitrogens is 2. The number of H-pyrrole nitrogens is 1. The minimum atomic E-state index is -1.13. The number of amides is 1. The number of carboxylic acids is 1. The largest absolute Gasteiger partial charge is 0.478 e. The van der Waals surface area contributed by atoms with Gasteiger partial charge in [0.1, 0.15) is 0 Å². The molecule has 0 aliphatic rings. The van der Waals surface area contributed by atoms with Gasteiger partial charge in [-0.3, -0.25) is 9.89 Å². The molecule has 104 valence electrons. The molecule has 0 atom stereocenters. The number of halogens is 2. The summed E-state index contributed by atoms with van der Waals surface area (Å²) in [5, 5.41) is 18.2. The maximum Gasteiger partial charge on any atom is 0.337 e. The topological polar surface area (TPSA) is 95.1 Å². The Morgan fingerprint density at radius 2 is 2.00 bits per heavy atom. The van der Waals surface area contributed by atoms with Crippen molar-refractivity contribution in [1.82, 2.24) is 10.2 Å². The van der Waals surface area contributed by atoms with E-state index in [0.717, 1.165) is 0 Å². The number of anilines is 1. The van der Waals surface area contributed by atoms with Gasteiger partial charge in [0.15, 0.2) is 0 Å². The molecular formula is C12H9Br2N3O3. The van der Waals surface area contributed by atoms with E-state index in [-0.39, 0.29) is 11.3 Å². The first kappa shape index (κ1) is 14.7. The Bertz CT molecular complexity index is 697. The zero-order valence-corrected chi connectivity index (χ0v) is 13.4. The number of rotatable bonds is 3. The molecule has 1 aromatic carbocycles. The number of aromatic amines is 1. The van der Waals surface area contributed by atoms with E-state index in [1.54, 1.807) is 13.0 Å². The average Bonchev–Trinajstić information content (AvgIpc) is 2.78. The Morgan fingerprint density at radius 3 is 2.55 bits per heavy atom. The predicted molar refractivity (Wildman–Crippen MR) is 80.1 cm³/mol.